The van der Waals surface area contributed by atoms with Crippen molar-refractivity contribution in [3.05, 3.63) is 73.0 Å². The van der Waals surface area contributed by atoms with E-state index in [1.165, 1.54) is 12.4 Å². The topological polar surface area (TPSA) is 68.5 Å². The van der Waals surface area contributed by atoms with Gasteiger partial charge in [-0.2, -0.15) is 5.10 Å². The molecular formula is C21H14F2N6. The smallest absolute Gasteiger partial charge is 0.156 e. The van der Waals surface area contributed by atoms with Crippen LogP contribution in [0.1, 0.15) is 0 Å². The van der Waals surface area contributed by atoms with Gasteiger partial charge in [0.1, 0.15) is 18.0 Å². The first kappa shape index (κ1) is 17.2. The van der Waals surface area contributed by atoms with Crippen LogP contribution in [0.15, 0.2) is 61.3 Å². The van der Waals surface area contributed by atoms with Crippen LogP contribution in [-0.2, 0) is 7.05 Å². The molecule has 5 aromatic rings. The predicted molar refractivity (Wildman–Crippen MR) is 107 cm³/mol. The fourth-order valence-electron chi connectivity index (χ4n) is 3.31. The van der Waals surface area contributed by atoms with E-state index in [0.29, 0.717) is 22.0 Å². The van der Waals surface area contributed by atoms with Gasteiger partial charge in [-0.15, -0.1) is 0 Å². The Bertz CT molecular complexity index is 1380. The molecule has 0 amide bonds. The third kappa shape index (κ3) is 2.94. The van der Waals surface area contributed by atoms with Crippen molar-refractivity contribution in [2.24, 2.45) is 7.05 Å². The average Bonchev–Trinajstić information content (AvgIpc) is 3.16. The highest BCUT2D eigenvalue weighted by Gasteiger charge is 2.15. The van der Waals surface area contributed by atoms with E-state index < -0.39 is 11.6 Å². The summed E-state index contributed by atoms with van der Waals surface area (Å²) >= 11 is 0. The number of hydrogen-bond donors (Lipinski definition) is 1. The SMILES string of the molecule is Cn1cc(-c2cc(F)c3c(Nc4ccc5ncccc5c4F)ncnc3c2)cn1. The lowest BCUT2D eigenvalue weighted by atomic mass is 10.1. The lowest BCUT2D eigenvalue weighted by Crippen LogP contribution is -2.00. The van der Waals surface area contributed by atoms with Crippen LogP contribution in [0.25, 0.3) is 32.9 Å². The molecule has 2 aromatic carbocycles. The van der Waals surface area contributed by atoms with Crippen LogP contribution in [0.3, 0.4) is 0 Å². The van der Waals surface area contributed by atoms with Gasteiger partial charge in [0.2, 0.25) is 0 Å². The van der Waals surface area contributed by atoms with Crippen LogP contribution in [-0.4, -0.2) is 24.7 Å². The second-order valence-corrected chi connectivity index (χ2v) is 6.60. The molecular weight excluding hydrogens is 374 g/mol. The zero-order valence-corrected chi connectivity index (χ0v) is 15.3. The molecule has 0 atom stereocenters. The van der Waals surface area contributed by atoms with E-state index in [2.05, 4.69) is 25.4 Å². The van der Waals surface area contributed by atoms with Gasteiger partial charge in [-0.05, 0) is 42.0 Å². The van der Waals surface area contributed by atoms with Crippen molar-refractivity contribution in [1.82, 2.24) is 24.7 Å². The molecule has 0 aliphatic rings. The number of hydrogen-bond acceptors (Lipinski definition) is 5. The molecule has 0 bridgehead atoms. The van der Waals surface area contributed by atoms with Crippen LogP contribution in [0.5, 0.6) is 0 Å². The molecule has 0 unspecified atom stereocenters. The molecule has 142 valence electrons. The van der Waals surface area contributed by atoms with Gasteiger partial charge < -0.3 is 5.32 Å². The quantitative estimate of drug-likeness (QED) is 0.489. The number of nitrogens with one attached hydrogen (secondary N) is 1. The summed E-state index contributed by atoms with van der Waals surface area (Å²) in [6.07, 6.45) is 6.36. The molecule has 8 heteroatoms. The third-order valence-electron chi connectivity index (χ3n) is 4.70. The van der Waals surface area contributed by atoms with E-state index in [-0.39, 0.29) is 16.9 Å². The fourth-order valence-corrected chi connectivity index (χ4v) is 3.31. The maximum absolute atomic E-state index is 15.0. The van der Waals surface area contributed by atoms with Crippen LogP contribution >= 0.6 is 0 Å². The van der Waals surface area contributed by atoms with Crippen LogP contribution < -0.4 is 5.32 Å². The molecule has 0 aliphatic heterocycles. The first-order valence-corrected chi connectivity index (χ1v) is 8.84. The molecule has 0 saturated carbocycles. The minimum atomic E-state index is -0.507. The Morgan fingerprint density at radius 3 is 2.69 bits per heavy atom. The summed E-state index contributed by atoms with van der Waals surface area (Å²) in [7, 11) is 1.79. The summed E-state index contributed by atoms with van der Waals surface area (Å²) in [5, 5.41) is 7.57. The average molecular weight is 388 g/mol. The van der Waals surface area contributed by atoms with Gasteiger partial charge in [0.05, 0.1) is 28.3 Å². The summed E-state index contributed by atoms with van der Waals surface area (Å²) in [5.41, 5.74) is 2.55. The van der Waals surface area contributed by atoms with Gasteiger partial charge >= 0.3 is 0 Å². The summed E-state index contributed by atoms with van der Waals surface area (Å²) in [6, 6.07) is 9.70. The zero-order valence-electron chi connectivity index (χ0n) is 15.3. The number of aryl methyl sites for hydroxylation is 1. The number of nitrogens with zero attached hydrogens (tertiary/aromatic N) is 5. The Balaban J connectivity index is 1.62. The first-order valence-electron chi connectivity index (χ1n) is 8.84. The minimum Gasteiger partial charge on any atom is -0.337 e. The second-order valence-electron chi connectivity index (χ2n) is 6.60. The van der Waals surface area contributed by atoms with Gasteiger partial charge in [-0.1, -0.05) is 0 Å². The maximum Gasteiger partial charge on any atom is 0.156 e. The monoisotopic (exact) mass is 388 g/mol. The molecule has 1 N–H and O–H groups in total. The highest BCUT2D eigenvalue weighted by molar-refractivity contribution is 5.94. The standard InChI is InChI=1S/C21H14F2N6/c1-29-10-13(9-27-29)12-7-15(22)19-18(8-12)25-11-26-21(19)28-17-5-4-16-14(20(17)23)3-2-6-24-16/h2-11H,1H3,(H,25,26,28). The number of halogens is 2. The fraction of sp³-hybridized carbons (Fsp3) is 0.0476. The number of pyridine rings is 1. The molecule has 0 aliphatic carbocycles. The van der Waals surface area contributed by atoms with Crippen molar-refractivity contribution in [2.45, 2.75) is 0 Å². The molecule has 0 fully saturated rings. The van der Waals surface area contributed by atoms with E-state index in [1.807, 2.05) is 0 Å². The zero-order chi connectivity index (χ0) is 20.0. The van der Waals surface area contributed by atoms with Gasteiger partial charge in [0.25, 0.3) is 0 Å². The van der Waals surface area contributed by atoms with Crippen LogP contribution in [0, 0.1) is 11.6 Å². The molecule has 0 spiro atoms. The second kappa shape index (κ2) is 6.59. The van der Waals surface area contributed by atoms with E-state index >= 15 is 4.39 Å². The van der Waals surface area contributed by atoms with Crippen molar-refractivity contribution in [3.63, 3.8) is 0 Å². The Morgan fingerprint density at radius 1 is 0.966 bits per heavy atom. The van der Waals surface area contributed by atoms with E-state index in [9.17, 15) is 4.39 Å². The van der Waals surface area contributed by atoms with Crippen molar-refractivity contribution in [3.8, 4) is 11.1 Å². The molecule has 5 rings (SSSR count). The van der Waals surface area contributed by atoms with Gasteiger partial charge in [-0.25, -0.2) is 18.7 Å². The molecule has 6 nitrogen and oxygen atoms in total. The highest BCUT2D eigenvalue weighted by atomic mass is 19.1. The van der Waals surface area contributed by atoms with Crippen molar-refractivity contribution >= 4 is 33.3 Å². The van der Waals surface area contributed by atoms with Crippen molar-refractivity contribution in [2.75, 3.05) is 5.32 Å². The summed E-state index contributed by atoms with van der Waals surface area (Å²) in [5.74, 6) is -0.797. The van der Waals surface area contributed by atoms with Crippen LogP contribution in [0.4, 0.5) is 20.3 Å². The van der Waals surface area contributed by atoms with Crippen molar-refractivity contribution in [1.29, 1.82) is 0 Å². The van der Waals surface area contributed by atoms with Gasteiger partial charge in [0, 0.05) is 30.4 Å². The van der Waals surface area contributed by atoms with E-state index in [4.69, 9.17) is 0 Å². The number of anilines is 2. The maximum atomic E-state index is 15.0. The lowest BCUT2D eigenvalue weighted by molar-refractivity contribution is 0.638. The van der Waals surface area contributed by atoms with E-state index in [0.717, 1.165) is 5.56 Å². The molecule has 29 heavy (non-hydrogen) atoms. The normalized spacial score (nSPS) is 11.3. The minimum absolute atomic E-state index is 0.182. The summed E-state index contributed by atoms with van der Waals surface area (Å²) < 4.78 is 31.5. The molecule has 3 aromatic heterocycles. The summed E-state index contributed by atoms with van der Waals surface area (Å²) in [6.45, 7) is 0. The van der Waals surface area contributed by atoms with Gasteiger partial charge in [0.15, 0.2) is 5.82 Å². The highest BCUT2D eigenvalue weighted by Crippen LogP contribution is 2.32. The first-order chi connectivity index (χ1) is 14.1. The number of aromatic nitrogens is 5. The Morgan fingerprint density at radius 2 is 1.86 bits per heavy atom. The van der Waals surface area contributed by atoms with Crippen molar-refractivity contribution < 1.29 is 8.78 Å². The Labute approximate surface area is 163 Å². The Kier molecular flexibility index (Phi) is 3.90. The molecule has 3 heterocycles. The molecule has 0 saturated heterocycles. The van der Waals surface area contributed by atoms with E-state index in [1.54, 1.807) is 60.7 Å². The number of fused-ring (bicyclic) bond motifs is 2. The van der Waals surface area contributed by atoms with Gasteiger partial charge in [-0.3, -0.25) is 9.67 Å². The Hall–Kier alpha value is -3.94. The predicted octanol–water partition coefficient (Wildman–Crippen LogP) is 4.60. The number of rotatable bonds is 3. The molecule has 0 radical (unpaired) electrons. The third-order valence-corrected chi connectivity index (χ3v) is 4.70. The van der Waals surface area contributed by atoms with Crippen LogP contribution in [0.2, 0.25) is 0 Å². The summed E-state index contributed by atoms with van der Waals surface area (Å²) in [4.78, 5) is 12.5. The lowest BCUT2D eigenvalue weighted by Gasteiger charge is -2.12. The largest absolute Gasteiger partial charge is 0.337 e. The number of benzene rings is 2.